The van der Waals surface area contributed by atoms with Crippen molar-refractivity contribution in [1.29, 1.82) is 0 Å². The fraction of sp³-hybridized carbons (Fsp3) is 0.240. The summed E-state index contributed by atoms with van der Waals surface area (Å²) in [5, 5.41) is 13.2. The summed E-state index contributed by atoms with van der Waals surface area (Å²) in [5.41, 5.74) is 9.69. The van der Waals surface area contributed by atoms with Crippen LogP contribution in [0.3, 0.4) is 0 Å². The van der Waals surface area contributed by atoms with Crippen LogP contribution in [0.25, 0.3) is 0 Å². The molecule has 0 spiro atoms. The van der Waals surface area contributed by atoms with Crippen molar-refractivity contribution in [2.45, 2.75) is 37.2 Å². The van der Waals surface area contributed by atoms with Gasteiger partial charge >= 0.3 is 0 Å². The topological polar surface area (TPSA) is 111 Å². The number of sulfonamides is 1. The first kappa shape index (κ1) is 23.7. The molecule has 9 heteroatoms. The van der Waals surface area contributed by atoms with Crippen LogP contribution in [0.15, 0.2) is 71.6 Å². The predicted octanol–water partition coefficient (Wildman–Crippen LogP) is 3.38. The minimum Gasteiger partial charge on any atom is -0.507 e. The van der Waals surface area contributed by atoms with Crippen LogP contribution >= 0.6 is 0 Å². The molecule has 178 valence electrons. The summed E-state index contributed by atoms with van der Waals surface area (Å²) in [7, 11) is -2.22. The fourth-order valence-electron chi connectivity index (χ4n) is 4.06. The van der Waals surface area contributed by atoms with Crippen molar-refractivity contribution in [3.63, 3.8) is 0 Å². The van der Waals surface area contributed by atoms with Crippen LogP contribution in [-0.2, 0) is 14.8 Å². The van der Waals surface area contributed by atoms with Gasteiger partial charge in [-0.25, -0.2) is 19.3 Å². The Hall–Kier alpha value is -3.40. The van der Waals surface area contributed by atoms with Crippen LogP contribution < -0.4 is 20.5 Å². The number of hydrogen-bond acceptors (Lipinski definition) is 6. The third-order valence-corrected chi connectivity index (χ3v) is 7.77. The standard InChI is InChI=1S/C25H28N4O4S/c1-16-13-17(2)24(30)21(14-16)22-15-23(28-27-22)25(31)26-18-9-11-20(12-10-18)34(32,33)29(3)19-7-5-4-6-8-19/h4-14,22-23,27-28,30H,15H2,1-3H3,(H,26,31). The van der Waals surface area contributed by atoms with Crippen LogP contribution in [0.2, 0.25) is 0 Å². The van der Waals surface area contributed by atoms with Gasteiger partial charge in [-0.2, -0.15) is 0 Å². The summed E-state index contributed by atoms with van der Waals surface area (Å²) in [6, 6.07) is 18.0. The quantitative estimate of drug-likeness (QED) is 0.431. The number of anilines is 2. The number of carbonyl (C=O) groups excluding carboxylic acids is 1. The molecule has 2 unspecified atom stereocenters. The zero-order valence-electron chi connectivity index (χ0n) is 19.2. The highest BCUT2D eigenvalue weighted by molar-refractivity contribution is 7.92. The zero-order valence-corrected chi connectivity index (χ0v) is 20.1. The predicted molar refractivity (Wildman–Crippen MR) is 132 cm³/mol. The van der Waals surface area contributed by atoms with Gasteiger partial charge in [0.25, 0.3) is 10.0 Å². The molecular formula is C25H28N4O4S. The summed E-state index contributed by atoms with van der Waals surface area (Å²) in [4.78, 5) is 12.9. The van der Waals surface area contributed by atoms with Crippen molar-refractivity contribution in [3.05, 3.63) is 83.4 Å². The van der Waals surface area contributed by atoms with Gasteiger partial charge < -0.3 is 10.4 Å². The molecule has 1 fully saturated rings. The van der Waals surface area contributed by atoms with Gasteiger partial charge in [-0.05, 0) is 62.2 Å². The average Bonchev–Trinajstić information content (AvgIpc) is 3.32. The number of nitrogens with one attached hydrogen (secondary N) is 3. The molecule has 2 atom stereocenters. The zero-order chi connectivity index (χ0) is 24.5. The molecule has 4 N–H and O–H groups in total. The first-order chi connectivity index (χ1) is 16.2. The second-order valence-electron chi connectivity index (χ2n) is 8.47. The lowest BCUT2D eigenvalue weighted by atomic mass is 9.96. The Morgan fingerprint density at radius 1 is 1.03 bits per heavy atom. The molecule has 4 rings (SSSR count). The van der Waals surface area contributed by atoms with Gasteiger partial charge in [0.1, 0.15) is 11.8 Å². The highest BCUT2D eigenvalue weighted by Crippen LogP contribution is 2.33. The van der Waals surface area contributed by atoms with E-state index in [1.165, 1.54) is 23.5 Å². The number of phenolic OH excluding ortho intramolecular Hbond substituents is 1. The average molecular weight is 481 g/mol. The lowest BCUT2D eigenvalue weighted by Gasteiger charge is -2.19. The van der Waals surface area contributed by atoms with Crippen molar-refractivity contribution in [2.75, 3.05) is 16.7 Å². The Morgan fingerprint density at radius 3 is 2.38 bits per heavy atom. The summed E-state index contributed by atoms with van der Waals surface area (Å²) in [5.74, 6) is -0.0286. The van der Waals surface area contributed by atoms with Crippen LogP contribution in [0.4, 0.5) is 11.4 Å². The van der Waals surface area contributed by atoms with Gasteiger partial charge in [0, 0.05) is 18.3 Å². The number of carbonyl (C=O) groups is 1. The van der Waals surface area contributed by atoms with Gasteiger partial charge in [-0.1, -0.05) is 35.9 Å². The highest BCUT2D eigenvalue weighted by Gasteiger charge is 2.32. The van der Waals surface area contributed by atoms with E-state index in [1.54, 1.807) is 36.4 Å². The first-order valence-corrected chi connectivity index (χ1v) is 12.4. The third kappa shape index (κ3) is 4.77. The van der Waals surface area contributed by atoms with Crippen LogP contribution in [0, 0.1) is 13.8 Å². The molecule has 8 nitrogen and oxygen atoms in total. The third-order valence-electron chi connectivity index (χ3n) is 5.97. The smallest absolute Gasteiger partial charge is 0.264 e. The molecule has 0 aromatic heterocycles. The number of rotatable bonds is 6. The van der Waals surface area contributed by atoms with Crippen LogP contribution in [-0.4, -0.2) is 32.5 Å². The number of aromatic hydroxyl groups is 1. The minimum atomic E-state index is -3.73. The Labute approximate surface area is 199 Å². The van der Waals surface area contributed by atoms with Gasteiger partial charge in [-0.3, -0.25) is 9.10 Å². The number of phenols is 1. The van der Waals surface area contributed by atoms with Crippen molar-refractivity contribution in [2.24, 2.45) is 0 Å². The molecule has 0 bridgehead atoms. The second kappa shape index (κ2) is 9.46. The van der Waals surface area contributed by atoms with E-state index in [0.29, 0.717) is 17.8 Å². The van der Waals surface area contributed by atoms with Crippen LogP contribution in [0.1, 0.15) is 29.2 Å². The molecular weight excluding hydrogens is 452 g/mol. The number of nitrogens with zero attached hydrogens (tertiary/aromatic N) is 1. The molecule has 1 aliphatic heterocycles. The van der Waals surface area contributed by atoms with E-state index in [1.807, 2.05) is 32.0 Å². The molecule has 1 amide bonds. The Kier molecular flexibility index (Phi) is 6.60. The van der Waals surface area contributed by atoms with E-state index in [0.717, 1.165) is 16.7 Å². The number of hydrazine groups is 1. The largest absolute Gasteiger partial charge is 0.507 e. The van der Waals surface area contributed by atoms with Crippen LogP contribution in [0.5, 0.6) is 5.75 Å². The van der Waals surface area contributed by atoms with Crippen molar-refractivity contribution < 1.29 is 18.3 Å². The molecule has 0 saturated carbocycles. The van der Waals surface area contributed by atoms with E-state index in [2.05, 4.69) is 16.2 Å². The highest BCUT2D eigenvalue weighted by atomic mass is 32.2. The molecule has 0 aliphatic carbocycles. The first-order valence-electron chi connectivity index (χ1n) is 10.9. The van der Waals surface area contributed by atoms with Gasteiger partial charge in [0.2, 0.25) is 5.91 Å². The Bertz CT molecular complexity index is 1290. The lowest BCUT2D eigenvalue weighted by Crippen LogP contribution is -2.39. The van der Waals surface area contributed by atoms with E-state index in [9.17, 15) is 18.3 Å². The van der Waals surface area contributed by atoms with Gasteiger partial charge in [0.15, 0.2) is 0 Å². The van der Waals surface area contributed by atoms with Crippen molar-refractivity contribution >= 4 is 27.3 Å². The maximum atomic E-state index is 12.9. The second-order valence-corrected chi connectivity index (χ2v) is 10.4. The summed E-state index contributed by atoms with van der Waals surface area (Å²) < 4.78 is 27.1. The molecule has 0 radical (unpaired) electrons. The maximum Gasteiger partial charge on any atom is 0.264 e. The molecule has 1 heterocycles. The molecule has 1 saturated heterocycles. The Balaban J connectivity index is 1.42. The minimum absolute atomic E-state index is 0.128. The molecule has 1 aliphatic rings. The molecule has 3 aromatic carbocycles. The number of hydrogen-bond donors (Lipinski definition) is 4. The number of amides is 1. The number of aryl methyl sites for hydroxylation is 2. The van der Waals surface area contributed by atoms with E-state index in [4.69, 9.17) is 0 Å². The summed E-state index contributed by atoms with van der Waals surface area (Å²) in [6.07, 6.45) is 0.455. The fourth-order valence-corrected chi connectivity index (χ4v) is 5.26. The van der Waals surface area contributed by atoms with E-state index >= 15 is 0 Å². The van der Waals surface area contributed by atoms with Crippen molar-refractivity contribution in [1.82, 2.24) is 10.9 Å². The van der Waals surface area contributed by atoms with Crippen molar-refractivity contribution in [3.8, 4) is 5.75 Å². The van der Waals surface area contributed by atoms with Gasteiger partial charge in [0.05, 0.1) is 16.6 Å². The number of para-hydroxylation sites is 1. The summed E-state index contributed by atoms with van der Waals surface area (Å²) >= 11 is 0. The SMILES string of the molecule is Cc1cc(C)c(O)c(C2CC(C(=O)Nc3ccc(S(=O)(=O)N(C)c4ccccc4)cc3)NN2)c1. The normalized spacial score (nSPS) is 18.0. The maximum absolute atomic E-state index is 12.9. The Morgan fingerprint density at radius 2 is 1.71 bits per heavy atom. The lowest BCUT2D eigenvalue weighted by molar-refractivity contribution is -0.117. The monoisotopic (exact) mass is 480 g/mol. The summed E-state index contributed by atoms with van der Waals surface area (Å²) in [6.45, 7) is 3.81. The number of benzene rings is 3. The molecule has 3 aromatic rings. The van der Waals surface area contributed by atoms with E-state index in [-0.39, 0.29) is 22.6 Å². The molecule has 34 heavy (non-hydrogen) atoms. The van der Waals surface area contributed by atoms with Gasteiger partial charge in [-0.15, -0.1) is 0 Å². The van der Waals surface area contributed by atoms with E-state index < -0.39 is 16.1 Å².